The van der Waals surface area contributed by atoms with E-state index in [9.17, 15) is 0 Å². The fourth-order valence-corrected chi connectivity index (χ4v) is 4.28. The van der Waals surface area contributed by atoms with Crippen molar-refractivity contribution in [3.8, 4) is 10.7 Å². The number of nitrogens with one attached hydrogen (secondary N) is 1. The Balaban J connectivity index is 2.28. The average molecular weight is 355 g/mol. The van der Waals surface area contributed by atoms with Crippen molar-refractivity contribution in [1.29, 1.82) is 0 Å². The summed E-state index contributed by atoms with van der Waals surface area (Å²) in [7, 11) is 0. The van der Waals surface area contributed by atoms with Crippen LogP contribution in [0, 0.1) is 13.8 Å². The Morgan fingerprint density at radius 1 is 1.32 bits per heavy atom. The van der Waals surface area contributed by atoms with Gasteiger partial charge in [-0.25, -0.2) is 15.8 Å². The predicted molar refractivity (Wildman–Crippen MR) is 85.7 cm³/mol. The maximum absolute atomic E-state index is 5.60. The van der Waals surface area contributed by atoms with Crippen molar-refractivity contribution >= 4 is 54.6 Å². The molecule has 0 bridgehead atoms. The quantitative estimate of drug-likeness (QED) is 0.537. The van der Waals surface area contributed by atoms with E-state index in [1.54, 1.807) is 22.7 Å². The van der Waals surface area contributed by atoms with Crippen molar-refractivity contribution < 1.29 is 0 Å². The first-order valence-corrected chi connectivity index (χ1v) is 8.08. The minimum Gasteiger partial charge on any atom is -0.308 e. The SMILES string of the molecule is Cc1sc2nc(-c3cc(Br)cs3)nc(NN)c2c1C. The Morgan fingerprint density at radius 3 is 2.74 bits per heavy atom. The van der Waals surface area contributed by atoms with Crippen molar-refractivity contribution in [1.82, 2.24) is 9.97 Å². The van der Waals surface area contributed by atoms with Crippen LogP contribution in [0.25, 0.3) is 20.9 Å². The largest absolute Gasteiger partial charge is 0.308 e. The summed E-state index contributed by atoms with van der Waals surface area (Å²) >= 11 is 6.72. The highest BCUT2D eigenvalue weighted by atomic mass is 79.9. The van der Waals surface area contributed by atoms with Gasteiger partial charge >= 0.3 is 0 Å². The molecule has 0 aliphatic heterocycles. The van der Waals surface area contributed by atoms with Gasteiger partial charge in [-0.2, -0.15) is 0 Å². The predicted octanol–water partition coefficient (Wildman–Crippen LogP) is 4.08. The van der Waals surface area contributed by atoms with E-state index in [1.807, 2.05) is 11.4 Å². The van der Waals surface area contributed by atoms with Gasteiger partial charge in [0.05, 0.1) is 10.3 Å². The molecule has 19 heavy (non-hydrogen) atoms. The fraction of sp³-hybridized carbons (Fsp3) is 0.167. The molecule has 7 heteroatoms. The second kappa shape index (κ2) is 4.82. The molecule has 3 aromatic heterocycles. The summed E-state index contributed by atoms with van der Waals surface area (Å²) in [6, 6.07) is 2.01. The lowest BCUT2D eigenvalue weighted by Gasteiger charge is -2.04. The second-order valence-electron chi connectivity index (χ2n) is 4.13. The first kappa shape index (κ1) is 13.0. The lowest BCUT2D eigenvalue weighted by molar-refractivity contribution is 1.20. The summed E-state index contributed by atoms with van der Waals surface area (Å²) < 4.78 is 1.04. The van der Waals surface area contributed by atoms with Gasteiger partial charge in [0.2, 0.25) is 0 Å². The summed E-state index contributed by atoms with van der Waals surface area (Å²) in [5.74, 6) is 7.00. The molecule has 0 fully saturated rings. The zero-order chi connectivity index (χ0) is 13.6. The number of thiophene rings is 2. The van der Waals surface area contributed by atoms with Crippen molar-refractivity contribution in [3.05, 3.63) is 26.4 Å². The summed E-state index contributed by atoms with van der Waals surface area (Å²) in [4.78, 5) is 12.4. The average Bonchev–Trinajstić information content (AvgIpc) is 2.94. The summed E-state index contributed by atoms with van der Waals surface area (Å²) in [5, 5.41) is 3.04. The number of nitrogen functional groups attached to an aromatic ring is 1. The Bertz CT molecular complexity index is 763. The maximum Gasteiger partial charge on any atom is 0.173 e. The lowest BCUT2D eigenvalue weighted by atomic mass is 10.2. The highest BCUT2D eigenvalue weighted by Gasteiger charge is 2.15. The van der Waals surface area contributed by atoms with E-state index in [4.69, 9.17) is 5.84 Å². The normalized spacial score (nSPS) is 11.2. The van der Waals surface area contributed by atoms with E-state index in [0.29, 0.717) is 11.6 Å². The molecule has 0 amide bonds. The van der Waals surface area contributed by atoms with Crippen LogP contribution in [0.2, 0.25) is 0 Å². The lowest BCUT2D eigenvalue weighted by Crippen LogP contribution is -2.10. The zero-order valence-electron chi connectivity index (χ0n) is 10.3. The smallest absolute Gasteiger partial charge is 0.173 e. The van der Waals surface area contributed by atoms with Crippen LogP contribution in [0.4, 0.5) is 5.82 Å². The van der Waals surface area contributed by atoms with Crippen molar-refractivity contribution in [2.75, 3.05) is 5.43 Å². The van der Waals surface area contributed by atoms with E-state index in [0.717, 1.165) is 19.6 Å². The topological polar surface area (TPSA) is 63.8 Å². The molecule has 0 saturated carbocycles. The summed E-state index contributed by atoms with van der Waals surface area (Å²) in [5.41, 5.74) is 3.88. The van der Waals surface area contributed by atoms with Crippen molar-refractivity contribution in [2.24, 2.45) is 5.84 Å². The molecule has 3 rings (SSSR count). The molecule has 98 valence electrons. The highest BCUT2D eigenvalue weighted by Crippen LogP contribution is 2.36. The van der Waals surface area contributed by atoms with E-state index in [-0.39, 0.29) is 0 Å². The van der Waals surface area contributed by atoms with Crippen LogP contribution in [0.1, 0.15) is 10.4 Å². The Morgan fingerprint density at radius 2 is 2.11 bits per heavy atom. The number of fused-ring (bicyclic) bond motifs is 1. The number of halogens is 1. The number of aryl methyl sites for hydroxylation is 2. The standard InChI is InChI=1S/C12H11BrN4S2/c1-5-6(2)19-12-9(5)11(17-14)15-10(16-12)8-3-7(13)4-18-8/h3-4H,14H2,1-2H3,(H,15,16,17). The number of rotatable bonds is 2. The number of hydrazine groups is 1. The highest BCUT2D eigenvalue weighted by molar-refractivity contribution is 9.10. The van der Waals surface area contributed by atoms with E-state index >= 15 is 0 Å². The van der Waals surface area contributed by atoms with Gasteiger partial charge in [0.25, 0.3) is 0 Å². The third-order valence-corrected chi connectivity index (χ3v) is 5.74. The van der Waals surface area contributed by atoms with Gasteiger partial charge in [0.1, 0.15) is 4.83 Å². The number of nitrogens with two attached hydrogens (primary N) is 1. The van der Waals surface area contributed by atoms with Crippen molar-refractivity contribution in [2.45, 2.75) is 13.8 Å². The molecule has 3 aromatic rings. The second-order valence-corrected chi connectivity index (χ2v) is 7.16. The first-order chi connectivity index (χ1) is 9.10. The van der Waals surface area contributed by atoms with Crippen LogP contribution < -0.4 is 11.3 Å². The number of hydrogen-bond acceptors (Lipinski definition) is 6. The molecule has 0 atom stereocenters. The molecule has 0 aliphatic rings. The van der Waals surface area contributed by atoms with Crippen LogP contribution in [-0.2, 0) is 0 Å². The third kappa shape index (κ3) is 2.16. The Kier molecular flexibility index (Phi) is 3.30. The minimum atomic E-state index is 0.686. The Hall–Kier alpha value is -1.02. The first-order valence-electron chi connectivity index (χ1n) is 5.59. The van der Waals surface area contributed by atoms with Gasteiger partial charge in [0, 0.05) is 14.7 Å². The number of aromatic nitrogens is 2. The molecule has 0 unspecified atom stereocenters. The molecule has 3 heterocycles. The molecule has 0 spiro atoms. The minimum absolute atomic E-state index is 0.686. The van der Waals surface area contributed by atoms with Gasteiger partial charge in [-0.15, -0.1) is 22.7 Å². The van der Waals surface area contributed by atoms with Gasteiger partial charge in [-0.1, -0.05) is 0 Å². The molecule has 0 aromatic carbocycles. The maximum atomic E-state index is 5.60. The molecule has 4 nitrogen and oxygen atoms in total. The van der Waals surface area contributed by atoms with Crippen LogP contribution in [0.3, 0.4) is 0 Å². The fourth-order valence-electron chi connectivity index (χ4n) is 1.89. The third-order valence-electron chi connectivity index (χ3n) is 2.95. The summed E-state index contributed by atoms with van der Waals surface area (Å²) in [6.07, 6.45) is 0. The van der Waals surface area contributed by atoms with Crippen molar-refractivity contribution in [3.63, 3.8) is 0 Å². The zero-order valence-corrected chi connectivity index (χ0v) is 13.5. The van der Waals surface area contributed by atoms with Crippen LogP contribution in [-0.4, -0.2) is 9.97 Å². The number of nitrogens with zero attached hydrogens (tertiary/aromatic N) is 2. The van der Waals surface area contributed by atoms with Gasteiger partial charge in [0.15, 0.2) is 11.6 Å². The summed E-state index contributed by atoms with van der Waals surface area (Å²) in [6.45, 7) is 4.16. The molecule has 0 aliphatic carbocycles. The Labute approximate surface area is 126 Å². The molecule has 0 saturated heterocycles. The van der Waals surface area contributed by atoms with E-state index in [1.165, 1.54) is 10.4 Å². The molecular formula is C12H11BrN4S2. The number of anilines is 1. The monoisotopic (exact) mass is 354 g/mol. The molecular weight excluding hydrogens is 344 g/mol. The van der Waals surface area contributed by atoms with E-state index in [2.05, 4.69) is 45.2 Å². The van der Waals surface area contributed by atoms with Gasteiger partial charge in [-0.3, -0.25) is 0 Å². The van der Waals surface area contributed by atoms with Crippen LogP contribution in [0.5, 0.6) is 0 Å². The van der Waals surface area contributed by atoms with E-state index < -0.39 is 0 Å². The van der Waals surface area contributed by atoms with Gasteiger partial charge < -0.3 is 5.43 Å². The van der Waals surface area contributed by atoms with Gasteiger partial charge in [-0.05, 0) is 41.4 Å². The molecule has 0 radical (unpaired) electrons. The number of hydrogen-bond donors (Lipinski definition) is 2. The van der Waals surface area contributed by atoms with Crippen LogP contribution in [0.15, 0.2) is 15.9 Å². The van der Waals surface area contributed by atoms with Crippen LogP contribution >= 0.6 is 38.6 Å². The molecule has 3 N–H and O–H groups in total.